The van der Waals surface area contributed by atoms with Gasteiger partial charge < -0.3 is 0 Å². The summed E-state index contributed by atoms with van der Waals surface area (Å²) in [5.41, 5.74) is 0. The normalized spacial score (nSPS) is 22.5. The van der Waals surface area contributed by atoms with E-state index in [1.165, 1.54) is 10.6 Å². The van der Waals surface area contributed by atoms with Gasteiger partial charge in [0.25, 0.3) is 0 Å². The largest absolute Gasteiger partial charge is 0.269 e. The summed E-state index contributed by atoms with van der Waals surface area (Å²) in [6.07, 6.45) is 2.89. The number of rotatable bonds is 2. The molecule has 1 fully saturated rings. The highest BCUT2D eigenvalue weighted by Crippen LogP contribution is 2.15. The molecule has 1 aliphatic heterocycles. The predicted octanol–water partition coefficient (Wildman–Crippen LogP) is -0.784. The second-order valence-corrected chi connectivity index (χ2v) is 5.54. The first-order valence-corrected chi connectivity index (χ1v) is 6.19. The molecule has 0 spiro atoms. The van der Waals surface area contributed by atoms with E-state index in [0.29, 0.717) is 19.1 Å². The van der Waals surface area contributed by atoms with E-state index in [2.05, 4.69) is 0 Å². The summed E-state index contributed by atoms with van der Waals surface area (Å²) in [7, 11) is -1.18. The van der Waals surface area contributed by atoms with Crippen molar-refractivity contribution in [2.45, 2.75) is 18.9 Å². The van der Waals surface area contributed by atoms with Gasteiger partial charge in [0, 0.05) is 26.2 Å². The number of nitrogens with two attached hydrogens (primary N) is 1. The van der Waals surface area contributed by atoms with E-state index in [1.54, 1.807) is 5.01 Å². The van der Waals surface area contributed by atoms with Crippen LogP contribution in [0.4, 0.5) is 0 Å². The van der Waals surface area contributed by atoms with Gasteiger partial charge in [-0.15, -0.1) is 0 Å². The van der Waals surface area contributed by atoms with Crippen molar-refractivity contribution < 1.29 is 8.42 Å². The molecule has 1 aliphatic rings. The molecule has 0 amide bonds. The first-order valence-electron chi connectivity index (χ1n) is 4.34. The SMILES string of the molecule is CN(N)C1CCN(S(C)(=O)=O)CC1. The molecular formula is C7H17N3O2S. The van der Waals surface area contributed by atoms with Crippen LogP contribution in [0.1, 0.15) is 12.8 Å². The fourth-order valence-corrected chi connectivity index (χ4v) is 2.46. The Bertz CT molecular complexity index is 255. The molecule has 6 heteroatoms. The molecule has 1 rings (SSSR count). The molecule has 0 unspecified atom stereocenters. The molecule has 0 saturated carbocycles. The number of sulfonamides is 1. The van der Waals surface area contributed by atoms with Crippen LogP contribution in [0.25, 0.3) is 0 Å². The van der Waals surface area contributed by atoms with Gasteiger partial charge in [0.1, 0.15) is 0 Å². The van der Waals surface area contributed by atoms with Crippen molar-refractivity contribution in [3.05, 3.63) is 0 Å². The van der Waals surface area contributed by atoms with Crippen LogP contribution in [0.5, 0.6) is 0 Å². The van der Waals surface area contributed by atoms with Crippen molar-refractivity contribution in [2.24, 2.45) is 5.84 Å². The highest BCUT2D eigenvalue weighted by molar-refractivity contribution is 7.88. The summed E-state index contributed by atoms with van der Waals surface area (Å²) in [5, 5.41) is 1.67. The molecule has 0 aromatic heterocycles. The van der Waals surface area contributed by atoms with Crippen LogP contribution in [0.2, 0.25) is 0 Å². The van der Waals surface area contributed by atoms with Gasteiger partial charge in [0.15, 0.2) is 0 Å². The lowest BCUT2D eigenvalue weighted by molar-refractivity contribution is 0.171. The third-order valence-corrected chi connectivity index (χ3v) is 3.77. The van der Waals surface area contributed by atoms with Gasteiger partial charge in [-0.05, 0) is 12.8 Å². The molecule has 0 aromatic rings. The van der Waals surface area contributed by atoms with Crippen molar-refractivity contribution in [3.63, 3.8) is 0 Å². The molecule has 1 heterocycles. The number of nitrogens with zero attached hydrogens (tertiary/aromatic N) is 2. The fraction of sp³-hybridized carbons (Fsp3) is 1.00. The highest BCUT2D eigenvalue weighted by Gasteiger charge is 2.25. The van der Waals surface area contributed by atoms with Gasteiger partial charge in [0.2, 0.25) is 10.0 Å². The standard InChI is InChI=1S/C7H17N3O2S/c1-9(8)7-3-5-10(6-4-7)13(2,11)12/h7H,3-6,8H2,1-2H3. The van der Waals surface area contributed by atoms with Crippen LogP contribution in [-0.2, 0) is 10.0 Å². The quantitative estimate of drug-likeness (QED) is 0.476. The van der Waals surface area contributed by atoms with E-state index in [-0.39, 0.29) is 0 Å². The van der Waals surface area contributed by atoms with E-state index in [1.807, 2.05) is 7.05 Å². The maximum absolute atomic E-state index is 11.1. The smallest absolute Gasteiger partial charge is 0.211 e. The molecule has 0 bridgehead atoms. The van der Waals surface area contributed by atoms with Gasteiger partial charge in [-0.25, -0.2) is 17.7 Å². The predicted molar refractivity (Wildman–Crippen MR) is 51.4 cm³/mol. The minimum Gasteiger partial charge on any atom is -0.269 e. The first-order chi connectivity index (χ1) is 5.91. The Morgan fingerprint density at radius 3 is 2.15 bits per heavy atom. The lowest BCUT2D eigenvalue weighted by atomic mass is 10.1. The molecule has 0 atom stereocenters. The Morgan fingerprint density at radius 2 is 1.85 bits per heavy atom. The van der Waals surface area contributed by atoms with Crippen molar-refractivity contribution in [1.29, 1.82) is 0 Å². The second kappa shape index (κ2) is 3.91. The molecule has 0 aromatic carbocycles. The van der Waals surface area contributed by atoms with Crippen molar-refractivity contribution in [3.8, 4) is 0 Å². The zero-order valence-electron chi connectivity index (χ0n) is 8.10. The number of piperidine rings is 1. The van der Waals surface area contributed by atoms with Gasteiger partial charge in [-0.3, -0.25) is 5.84 Å². The Labute approximate surface area is 79.5 Å². The Morgan fingerprint density at radius 1 is 1.38 bits per heavy atom. The summed E-state index contributed by atoms with van der Waals surface area (Å²) in [5.74, 6) is 5.59. The zero-order chi connectivity index (χ0) is 10.1. The van der Waals surface area contributed by atoms with Crippen LogP contribution in [0.15, 0.2) is 0 Å². The number of hydrogen-bond acceptors (Lipinski definition) is 4. The van der Waals surface area contributed by atoms with E-state index in [4.69, 9.17) is 5.84 Å². The van der Waals surface area contributed by atoms with Crippen LogP contribution < -0.4 is 5.84 Å². The van der Waals surface area contributed by atoms with Crippen molar-refractivity contribution in [2.75, 3.05) is 26.4 Å². The third kappa shape index (κ3) is 2.91. The van der Waals surface area contributed by atoms with Crippen molar-refractivity contribution >= 4 is 10.0 Å². The monoisotopic (exact) mass is 207 g/mol. The molecule has 78 valence electrons. The van der Waals surface area contributed by atoms with E-state index in [9.17, 15) is 8.42 Å². The fourth-order valence-electron chi connectivity index (χ4n) is 1.58. The molecule has 0 aliphatic carbocycles. The second-order valence-electron chi connectivity index (χ2n) is 3.56. The third-order valence-electron chi connectivity index (χ3n) is 2.47. The van der Waals surface area contributed by atoms with Gasteiger partial charge >= 0.3 is 0 Å². The maximum Gasteiger partial charge on any atom is 0.211 e. The van der Waals surface area contributed by atoms with Crippen LogP contribution in [0, 0.1) is 0 Å². The molecule has 0 radical (unpaired) electrons. The van der Waals surface area contributed by atoms with Crippen LogP contribution in [0.3, 0.4) is 0 Å². The topological polar surface area (TPSA) is 66.6 Å². The lowest BCUT2D eigenvalue weighted by Crippen LogP contribution is -2.47. The summed E-state index contributed by atoms with van der Waals surface area (Å²) in [6.45, 7) is 1.18. The summed E-state index contributed by atoms with van der Waals surface area (Å²) in [6, 6.07) is 0.318. The zero-order valence-corrected chi connectivity index (χ0v) is 8.92. The van der Waals surface area contributed by atoms with E-state index < -0.39 is 10.0 Å². The average Bonchev–Trinajstić information content (AvgIpc) is 2.03. The Hall–Kier alpha value is -0.170. The molecule has 13 heavy (non-hydrogen) atoms. The van der Waals surface area contributed by atoms with Crippen molar-refractivity contribution in [1.82, 2.24) is 9.31 Å². The van der Waals surface area contributed by atoms with Crippen LogP contribution in [-0.4, -0.2) is 50.2 Å². The van der Waals surface area contributed by atoms with E-state index in [0.717, 1.165) is 12.8 Å². The van der Waals surface area contributed by atoms with Gasteiger partial charge in [-0.1, -0.05) is 0 Å². The summed E-state index contributed by atoms with van der Waals surface area (Å²) in [4.78, 5) is 0. The number of hydrogen-bond donors (Lipinski definition) is 1. The summed E-state index contributed by atoms with van der Waals surface area (Å²) >= 11 is 0. The van der Waals surface area contributed by atoms with E-state index >= 15 is 0 Å². The molecule has 5 nitrogen and oxygen atoms in total. The maximum atomic E-state index is 11.1. The average molecular weight is 207 g/mol. The van der Waals surface area contributed by atoms with Crippen LogP contribution >= 0.6 is 0 Å². The Balaban J connectivity index is 2.49. The first kappa shape index (κ1) is 10.9. The summed E-state index contributed by atoms with van der Waals surface area (Å²) < 4.78 is 23.8. The minimum atomic E-state index is -3.00. The number of hydrazine groups is 1. The minimum absolute atomic E-state index is 0.318. The molecule has 2 N–H and O–H groups in total. The van der Waals surface area contributed by atoms with Gasteiger partial charge in [0.05, 0.1) is 6.26 Å². The molecular weight excluding hydrogens is 190 g/mol. The lowest BCUT2D eigenvalue weighted by Gasteiger charge is -2.33. The van der Waals surface area contributed by atoms with Gasteiger partial charge in [-0.2, -0.15) is 0 Å². The Kier molecular flexibility index (Phi) is 3.28. The molecule has 1 saturated heterocycles. The highest BCUT2D eigenvalue weighted by atomic mass is 32.2.